The maximum absolute atomic E-state index is 5.15. The van der Waals surface area contributed by atoms with E-state index in [4.69, 9.17) is 4.74 Å². The van der Waals surface area contributed by atoms with Crippen LogP contribution in [0, 0.1) is 0 Å². The molecule has 44 valence electrons. The van der Waals surface area contributed by atoms with Crippen LogP contribution in [-0.4, -0.2) is 18.3 Å². The van der Waals surface area contributed by atoms with E-state index in [1.165, 1.54) is 0 Å². The Morgan fingerprint density at radius 1 is 1.71 bits per heavy atom. The van der Waals surface area contributed by atoms with E-state index in [2.05, 4.69) is 0 Å². The summed E-state index contributed by atoms with van der Waals surface area (Å²) in [5.41, 5.74) is 0.366. The van der Waals surface area contributed by atoms with Crippen LogP contribution in [0.5, 0.6) is 0 Å². The van der Waals surface area contributed by atoms with Gasteiger partial charge >= 0.3 is 0 Å². The molecule has 0 fully saturated rings. The van der Waals surface area contributed by atoms with Gasteiger partial charge in [0.1, 0.15) is 0 Å². The minimum atomic E-state index is 0.366. The van der Waals surface area contributed by atoms with Crippen molar-refractivity contribution in [2.45, 2.75) is 19.3 Å². The lowest BCUT2D eigenvalue weighted by Gasteiger charge is -2.05. The fourth-order valence-electron chi connectivity index (χ4n) is 0.303. The van der Waals surface area contributed by atoms with Crippen molar-refractivity contribution in [1.29, 1.82) is 0 Å². The average molecular weight is 120 g/mol. The topological polar surface area (TPSA) is 9.23 Å². The number of thioether (sulfide) groups is 1. The predicted molar refractivity (Wildman–Crippen MR) is 34.6 cm³/mol. The smallest absolute Gasteiger partial charge is 0.0996 e. The maximum Gasteiger partial charge on any atom is 0.0996 e. The summed E-state index contributed by atoms with van der Waals surface area (Å²) in [5.74, 6) is 0. The Balaban J connectivity index is 2.83. The largest absolute Gasteiger partial charge is 0.368 e. The first-order valence-electron chi connectivity index (χ1n) is 2.45. The molecule has 0 spiro atoms. The van der Waals surface area contributed by atoms with Gasteiger partial charge in [-0.15, -0.1) is 11.8 Å². The molecule has 0 bridgehead atoms. The molecule has 0 N–H and O–H groups in total. The van der Waals surface area contributed by atoms with Crippen molar-refractivity contribution in [3.05, 3.63) is 0 Å². The molecule has 0 aromatic rings. The van der Waals surface area contributed by atoms with Crippen molar-refractivity contribution in [3.63, 3.8) is 0 Å². The lowest BCUT2D eigenvalue weighted by atomic mass is 10.8. The van der Waals surface area contributed by atoms with E-state index >= 15 is 0 Å². The van der Waals surface area contributed by atoms with E-state index in [1.54, 1.807) is 11.8 Å². The van der Waals surface area contributed by atoms with Crippen LogP contribution in [0.2, 0.25) is 0 Å². The summed E-state index contributed by atoms with van der Waals surface area (Å²) in [7, 11) is 0. The van der Waals surface area contributed by atoms with Crippen molar-refractivity contribution in [1.82, 2.24) is 0 Å². The molecular weight excluding hydrogens is 108 g/mol. The Hall–Kier alpha value is 0.310. The van der Waals surface area contributed by atoms with Crippen molar-refractivity contribution in [3.8, 4) is 0 Å². The van der Waals surface area contributed by atoms with Gasteiger partial charge in [-0.1, -0.05) is 0 Å². The van der Waals surface area contributed by atoms with Gasteiger partial charge in [-0.3, -0.25) is 0 Å². The molecule has 0 heterocycles. The zero-order valence-electron chi connectivity index (χ0n) is 5.10. The van der Waals surface area contributed by atoms with Crippen molar-refractivity contribution >= 4 is 11.8 Å². The Morgan fingerprint density at radius 3 is 2.43 bits per heavy atom. The van der Waals surface area contributed by atoms with Gasteiger partial charge < -0.3 is 4.74 Å². The highest BCUT2D eigenvalue weighted by Gasteiger charge is 1.92. The summed E-state index contributed by atoms with van der Waals surface area (Å²) in [4.78, 5) is 0. The summed E-state index contributed by atoms with van der Waals surface area (Å²) < 4.78 is 5.15. The molecule has 1 atom stereocenters. The molecule has 2 heteroatoms. The fraction of sp³-hybridized carbons (Fsp3) is 1.00. The lowest BCUT2D eigenvalue weighted by Crippen LogP contribution is -2.00. The number of hydrogen-bond acceptors (Lipinski definition) is 2. The van der Waals surface area contributed by atoms with E-state index < -0.39 is 0 Å². The fourth-order valence-corrected chi connectivity index (χ4v) is 0.575. The zero-order chi connectivity index (χ0) is 5.70. The van der Waals surface area contributed by atoms with E-state index in [9.17, 15) is 0 Å². The van der Waals surface area contributed by atoms with Crippen LogP contribution in [0.25, 0.3) is 0 Å². The summed E-state index contributed by atoms with van der Waals surface area (Å²) in [5, 5.41) is 0. The first kappa shape index (κ1) is 7.31. The number of rotatable bonds is 3. The highest BCUT2D eigenvalue weighted by Crippen LogP contribution is 2.04. The molecule has 0 aliphatic carbocycles. The average Bonchev–Trinajstić information content (AvgIpc) is 1.68. The third kappa shape index (κ3) is 4.16. The van der Waals surface area contributed by atoms with Crippen LogP contribution in [0.3, 0.4) is 0 Å². The molecule has 0 saturated heterocycles. The SMILES string of the molecule is CCOC(C)SC. The van der Waals surface area contributed by atoms with Crippen molar-refractivity contribution < 1.29 is 4.74 Å². The van der Waals surface area contributed by atoms with Crippen LogP contribution >= 0.6 is 11.8 Å². The van der Waals surface area contributed by atoms with Crippen molar-refractivity contribution in [2.24, 2.45) is 0 Å². The van der Waals surface area contributed by atoms with Crippen molar-refractivity contribution in [2.75, 3.05) is 12.9 Å². The molecule has 0 aliphatic rings. The van der Waals surface area contributed by atoms with E-state index in [0.29, 0.717) is 5.44 Å². The van der Waals surface area contributed by atoms with E-state index in [1.807, 2.05) is 20.1 Å². The second-order valence-corrected chi connectivity index (χ2v) is 2.39. The van der Waals surface area contributed by atoms with Crippen LogP contribution < -0.4 is 0 Å². The standard InChI is InChI=1S/C5H12OS/c1-4-6-5(2)7-3/h5H,4H2,1-3H3. The van der Waals surface area contributed by atoms with Gasteiger partial charge in [-0.25, -0.2) is 0 Å². The monoisotopic (exact) mass is 120 g/mol. The van der Waals surface area contributed by atoms with Gasteiger partial charge in [-0.2, -0.15) is 0 Å². The molecular formula is C5H12OS. The van der Waals surface area contributed by atoms with Gasteiger partial charge in [0.25, 0.3) is 0 Å². The first-order chi connectivity index (χ1) is 3.31. The molecule has 0 rings (SSSR count). The van der Waals surface area contributed by atoms with Gasteiger partial charge in [-0.05, 0) is 20.1 Å². The third-order valence-corrected chi connectivity index (χ3v) is 1.53. The third-order valence-electron chi connectivity index (χ3n) is 0.733. The summed E-state index contributed by atoms with van der Waals surface area (Å²) in [6.07, 6.45) is 2.04. The minimum absolute atomic E-state index is 0.366. The van der Waals surface area contributed by atoms with Gasteiger partial charge in [0, 0.05) is 6.61 Å². The highest BCUT2D eigenvalue weighted by atomic mass is 32.2. The Morgan fingerprint density at radius 2 is 2.29 bits per heavy atom. The number of hydrogen-bond donors (Lipinski definition) is 0. The highest BCUT2D eigenvalue weighted by molar-refractivity contribution is 7.99. The van der Waals surface area contributed by atoms with Gasteiger partial charge in [0.05, 0.1) is 5.44 Å². The van der Waals surface area contributed by atoms with Crippen LogP contribution in [0.1, 0.15) is 13.8 Å². The second-order valence-electron chi connectivity index (χ2n) is 1.26. The summed E-state index contributed by atoms with van der Waals surface area (Å²) >= 11 is 1.73. The van der Waals surface area contributed by atoms with E-state index in [-0.39, 0.29) is 0 Å². The Kier molecular flexibility index (Phi) is 4.67. The predicted octanol–water partition coefficient (Wildman–Crippen LogP) is 1.73. The molecule has 1 nitrogen and oxygen atoms in total. The lowest BCUT2D eigenvalue weighted by molar-refractivity contribution is 0.137. The Labute approximate surface area is 49.4 Å². The molecule has 1 unspecified atom stereocenters. The van der Waals surface area contributed by atoms with Crippen LogP contribution in [0.4, 0.5) is 0 Å². The van der Waals surface area contributed by atoms with Gasteiger partial charge in [0.2, 0.25) is 0 Å². The first-order valence-corrected chi connectivity index (χ1v) is 3.74. The summed E-state index contributed by atoms with van der Waals surface area (Å²) in [6.45, 7) is 4.88. The minimum Gasteiger partial charge on any atom is -0.368 e. The zero-order valence-corrected chi connectivity index (χ0v) is 5.92. The molecule has 0 saturated carbocycles. The Bertz CT molecular complexity index is 39.1. The van der Waals surface area contributed by atoms with E-state index in [0.717, 1.165) is 6.61 Å². The van der Waals surface area contributed by atoms with Crippen LogP contribution in [0.15, 0.2) is 0 Å². The molecule has 0 radical (unpaired) electrons. The molecule has 0 aromatic carbocycles. The summed E-state index contributed by atoms with van der Waals surface area (Å²) in [6, 6.07) is 0. The normalized spacial score (nSPS) is 14.1. The quantitative estimate of drug-likeness (QED) is 0.524. The van der Waals surface area contributed by atoms with Crippen LogP contribution in [-0.2, 0) is 4.74 Å². The maximum atomic E-state index is 5.15. The molecule has 0 aliphatic heterocycles. The molecule has 7 heavy (non-hydrogen) atoms. The van der Waals surface area contributed by atoms with Gasteiger partial charge in [0.15, 0.2) is 0 Å². The second kappa shape index (κ2) is 4.47. The number of ether oxygens (including phenoxy) is 1. The molecule has 0 aromatic heterocycles. The molecule has 0 amide bonds.